The normalized spacial score (nSPS) is 14.9. The molecule has 3 N–H and O–H groups in total. The summed E-state index contributed by atoms with van der Waals surface area (Å²) in [7, 11) is 1.77. The summed E-state index contributed by atoms with van der Waals surface area (Å²) in [6.07, 6.45) is 4.31. The Bertz CT molecular complexity index is 1200. The number of aromatic nitrogens is 4. The van der Waals surface area contributed by atoms with Crippen LogP contribution < -0.4 is 10.6 Å². The van der Waals surface area contributed by atoms with Crippen molar-refractivity contribution in [3.8, 4) is 11.4 Å². The number of aryl methyl sites for hydroxylation is 3. The average Bonchev–Trinajstić information content (AvgIpc) is 3.60. The summed E-state index contributed by atoms with van der Waals surface area (Å²) in [5.41, 5.74) is 3.61. The lowest BCUT2D eigenvalue weighted by Crippen LogP contribution is -2.48. The highest BCUT2D eigenvalue weighted by Gasteiger charge is 2.27. The van der Waals surface area contributed by atoms with Crippen LogP contribution in [0.5, 0.6) is 0 Å². The molecule has 204 valence electrons. The van der Waals surface area contributed by atoms with Gasteiger partial charge in [0.1, 0.15) is 5.82 Å². The number of hydrogen-bond acceptors (Lipinski definition) is 6. The maximum atomic E-state index is 13.2. The lowest BCUT2D eigenvalue weighted by molar-refractivity contribution is 0.0847. The van der Waals surface area contributed by atoms with Crippen molar-refractivity contribution in [2.45, 2.75) is 58.1 Å². The van der Waals surface area contributed by atoms with Gasteiger partial charge in [0.05, 0.1) is 12.1 Å². The molecule has 2 atom stereocenters. The van der Waals surface area contributed by atoms with Gasteiger partial charge in [-0.15, -0.1) is 5.10 Å². The van der Waals surface area contributed by atoms with Crippen LogP contribution in [0.15, 0.2) is 42.5 Å². The number of urea groups is 1. The second-order valence-corrected chi connectivity index (χ2v) is 10.3. The highest BCUT2D eigenvalue weighted by molar-refractivity contribution is 5.90. The zero-order chi connectivity index (χ0) is 27.1. The number of benzene rings is 2. The molecule has 1 heterocycles. The van der Waals surface area contributed by atoms with Gasteiger partial charge in [0, 0.05) is 31.4 Å². The van der Waals surface area contributed by atoms with Gasteiger partial charge in [0.15, 0.2) is 5.82 Å². The van der Waals surface area contributed by atoms with Gasteiger partial charge < -0.3 is 20.6 Å². The Balaban J connectivity index is 1.30. The molecule has 4 rings (SSSR count). The number of tetrazole rings is 1. The Kier molecular flexibility index (Phi) is 9.41. The zero-order valence-electron chi connectivity index (χ0n) is 22.4. The number of aliphatic hydroxyl groups is 1. The highest BCUT2D eigenvalue weighted by atomic mass is 19.1. The van der Waals surface area contributed by atoms with E-state index in [1.54, 1.807) is 11.7 Å². The lowest BCUT2D eigenvalue weighted by atomic mass is 10.1. The Morgan fingerprint density at radius 1 is 1.21 bits per heavy atom. The van der Waals surface area contributed by atoms with Crippen LogP contribution in [0.2, 0.25) is 0 Å². The molecule has 0 radical (unpaired) electrons. The summed E-state index contributed by atoms with van der Waals surface area (Å²) in [5.74, 6) is 1.07. The minimum Gasteiger partial charge on any atom is -0.390 e. The lowest BCUT2D eigenvalue weighted by Gasteiger charge is -2.28. The van der Waals surface area contributed by atoms with E-state index in [0.717, 1.165) is 49.0 Å². The molecule has 2 aromatic carbocycles. The smallest absolute Gasteiger partial charge is 0.319 e. The first-order chi connectivity index (χ1) is 18.3. The molecule has 0 saturated heterocycles. The van der Waals surface area contributed by atoms with E-state index in [0.29, 0.717) is 24.0 Å². The molecular weight excluding hydrogens is 485 g/mol. The summed E-state index contributed by atoms with van der Waals surface area (Å²) in [6.45, 7) is 6.13. The molecule has 1 aromatic heterocycles. The van der Waals surface area contributed by atoms with Crippen molar-refractivity contribution in [2.75, 3.05) is 25.0 Å². The second kappa shape index (κ2) is 12.9. The van der Waals surface area contributed by atoms with Crippen molar-refractivity contribution in [2.24, 2.45) is 13.0 Å². The molecule has 9 nitrogen and oxygen atoms in total. The first kappa shape index (κ1) is 27.7. The van der Waals surface area contributed by atoms with E-state index in [2.05, 4.69) is 31.1 Å². The van der Waals surface area contributed by atoms with Crippen LogP contribution in [-0.4, -0.2) is 68.0 Å². The van der Waals surface area contributed by atoms with Crippen molar-refractivity contribution >= 4 is 11.7 Å². The number of amides is 2. The van der Waals surface area contributed by atoms with E-state index in [4.69, 9.17) is 0 Å². The standard InChI is InChI=1S/C28H38FN7O2/c1-4-20-14-23(27-32-33-34-35(27)3)16-25(15-20)31-28(38)30-19(2)26(37)18-36(17-22-7-8-22)13-5-6-21-9-11-24(29)12-10-21/h9-12,14-16,19,22,26,37H,4-8,13,17-18H2,1-3H3,(H2,30,31,38)/t19-,26-/m1/s1. The van der Waals surface area contributed by atoms with Crippen molar-refractivity contribution < 1.29 is 14.3 Å². The number of nitrogens with one attached hydrogen (secondary N) is 2. The summed E-state index contributed by atoms with van der Waals surface area (Å²) in [4.78, 5) is 15.1. The molecule has 0 unspecified atom stereocenters. The van der Waals surface area contributed by atoms with Crippen LogP contribution in [-0.2, 0) is 19.9 Å². The third-order valence-corrected chi connectivity index (χ3v) is 6.98. The summed E-state index contributed by atoms with van der Waals surface area (Å²) >= 11 is 0. The summed E-state index contributed by atoms with van der Waals surface area (Å²) in [5, 5.41) is 28.4. The Hall–Kier alpha value is -3.37. The maximum absolute atomic E-state index is 13.2. The van der Waals surface area contributed by atoms with E-state index in [1.807, 2.05) is 44.2 Å². The van der Waals surface area contributed by atoms with Crippen LogP contribution in [0, 0.1) is 11.7 Å². The van der Waals surface area contributed by atoms with Crippen LogP contribution in [0.4, 0.5) is 14.9 Å². The van der Waals surface area contributed by atoms with Gasteiger partial charge in [-0.3, -0.25) is 0 Å². The van der Waals surface area contributed by atoms with E-state index in [1.165, 1.54) is 25.0 Å². The van der Waals surface area contributed by atoms with Gasteiger partial charge in [-0.25, -0.2) is 13.9 Å². The van der Waals surface area contributed by atoms with Crippen molar-refractivity contribution in [1.29, 1.82) is 0 Å². The molecule has 10 heteroatoms. The van der Waals surface area contributed by atoms with Gasteiger partial charge in [-0.2, -0.15) is 0 Å². The molecule has 2 amide bonds. The van der Waals surface area contributed by atoms with Gasteiger partial charge in [0.25, 0.3) is 0 Å². The molecule has 0 bridgehead atoms. The van der Waals surface area contributed by atoms with E-state index >= 15 is 0 Å². The third kappa shape index (κ3) is 8.06. The SMILES string of the molecule is CCc1cc(NC(=O)N[C@H](C)[C@H](O)CN(CCCc2ccc(F)cc2)CC2CC2)cc(-c2nnnn2C)c1. The molecule has 3 aromatic rings. The van der Waals surface area contributed by atoms with Crippen LogP contribution in [0.1, 0.15) is 44.2 Å². The fraction of sp³-hybridized carbons (Fsp3) is 0.500. The molecule has 38 heavy (non-hydrogen) atoms. The Morgan fingerprint density at radius 3 is 2.63 bits per heavy atom. The fourth-order valence-corrected chi connectivity index (χ4v) is 4.54. The van der Waals surface area contributed by atoms with Crippen molar-refractivity contribution in [3.63, 3.8) is 0 Å². The number of carbonyl (C=O) groups excluding carboxylic acids is 1. The molecule has 1 fully saturated rings. The molecule has 1 saturated carbocycles. The largest absolute Gasteiger partial charge is 0.390 e. The summed E-state index contributed by atoms with van der Waals surface area (Å²) in [6, 6.07) is 11.6. The topological polar surface area (TPSA) is 108 Å². The van der Waals surface area contributed by atoms with E-state index < -0.39 is 12.1 Å². The number of aliphatic hydroxyl groups excluding tert-OH is 1. The maximum Gasteiger partial charge on any atom is 0.319 e. The summed E-state index contributed by atoms with van der Waals surface area (Å²) < 4.78 is 14.8. The predicted molar refractivity (Wildman–Crippen MR) is 145 cm³/mol. The van der Waals surface area contributed by atoms with Gasteiger partial charge in [-0.05, 0) is 103 Å². The number of hydrogen-bond donors (Lipinski definition) is 3. The number of carbonyl (C=O) groups is 1. The monoisotopic (exact) mass is 523 g/mol. The van der Waals surface area contributed by atoms with Crippen molar-refractivity contribution in [1.82, 2.24) is 30.4 Å². The minimum absolute atomic E-state index is 0.223. The molecule has 1 aliphatic rings. The minimum atomic E-state index is -0.715. The first-order valence-corrected chi connectivity index (χ1v) is 13.4. The predicted octanol–water partition coefficient (Wildman–Crippen LogP) is 3.79. The quantitative estimate of drug-likeness (QED) is 0.315. The first-order valence-electron chi connectivity index (χ1n) is 13.4. The number of anilines is 1. The number of rotatable bonds is 13. The van der Waals surface area contributed by atoms with E-state index in [9.17, 15) is 14.3 Å². The molecule has 0 spiro atoms. The van der Waals surface area contributed by atoms with Gasteiger partial charge in [0.2, 0.25) is 0 Å². The fourth-order valence-electron chi connectivity index (χ4n) is 4.54. The average molecular weight is 524 g/mol. The van der Waals surface area contributed by atoms with Gasteiger partial charge >= 0.3 is 6.03 Å². The second-order valence-electron chi connectivity index (χ2n) is 10.3. The molecule has 0 aliphatic heterocycles. The van der Waals surface area contributed by atoms with Crippen molar-refractivity contribution in [3.05, 3.63) is 59.4 Å². The van der Waals surface area contributed by atoms with Gasteiger partial charge in [-0.1, -0.05) is 19.1 Å². The number of halogens is 1. The van der Waals surface area contributed by atoms with Crippen LogP contribution in [0.25, 0.3) is 11.4 Å². The number of nitrogens with zero attached hydrogens (tertiary/aromatic N) is 5. The third-order valence-electron chi connectivity index (χ3n) is 6.98. The van der Waals surface area contributed by atoms with Crippen LogP contribution in [0.3, 0.4) is 0 Å². The Morgan fingerprint density at radius 2 is 1.97 bits per heavy atom. The highest BCUT2D eigenvalue weighted by Crippen LogP contribution is 2.30. The van der Waals surface area contributed by atoms with E-state index in [-0.39, 0.29) is 11.8 Å². The molecular formula is C28H38FN7O2. The zero-order valence-corrected chi connectivity index (χ0v) is 22.4. The Labute approximate surface area is 223 Å². The molecule has 1 aliphatic carbocycles. The van der Waals surface area contributed by atoms with Crippen LogP contribution >= 0.6 is 0 Å².